The number of hydrogen-bond donors (Lipinski definition) is 1. The molecule has 1 aromatic rings. The molecule has 0 amide bonds. The summed E-state index contributed by atoms with van der Waals surface area (Å²) in [7, 11) is 1.59. The zero-order chi connectivity index (χ0) is 12.7. The topological polar surface area (TPSA) is 32.7 Å². The lowest BCUT2D eigenvalue weighted by Crippen LogP contribution is -2.29. The summed E-state index contributed by atoms with van der Waals surface area (Å²) < 4.78 is 30.7. The highest BCUT2D eigenvalue weighted by atomic mass is 19.2. The lowest BCUT2D eigenvalue weighted by atomic mass is 10.2. The van der Waals surface area contributed by atoms with Gasteiger partial charge >= 0.3 is 0 Å². The highest BCUT2D eigenvalue weighted by Gasteiger charge is 2.08. The standard InChI is InChI=1S/C12H17F2NO2/c1-17-7-5-15(4-6-16)9-10-2-3-11(13)12(14)8-10/h2-3,8,16H,4-7,9H2,1H3. The Balaban J connectivity index is 2.61. The summed E-state index contributed by atoms with van der Waals surface area (Å²) in [6, 6.07) is 3.82. The van der Waals surface area contributed by atoms with Crippen LogP contribution in [0.2, 0.25) is 0 Å². The van der Waals surface area contributed by atoms with Gasteiger partial charge < -0.3 is 9.84 Å². The van der Waals surface area contributed by atoms with Crippen LogP contribution < -0.4 is 0 Å². The van der Waals surface area contributed by atoms with Crippen LogP contribution in [-0.2, 0) is 11.3 Å². The number of hydrogen-bond acceptors (Lipinski definition) is 3. The second-order valence-corrected chi connectivity index (χ2v) is 3.74. The molecule has 0 saturated heterocycles. The quantitative estimate of drug-likeness (QED) is 0.788. The Morgan fingerprint density at radius 1 is 1.24 bits per heavy atom. The van der Waals surface area contributed by atoms with Crippen LogP contribution in [0.5, 0.6) is 0 Å². The van der Waals surface area contributed by atoms with Gasteiger partial charge in [-0.1, -0.05) is 6.07 Å². The molecule has 3 nitrogen and oxygen atoms in total. The van der Waals surface area contributed by atoms with E-state index in [0.717, 1.165) is 6.07 Å². The fraction of sp³-hybridized carbons (Fsp3) is 0.500. The number of methoxy groups -OCH3 is 1. The monoisotopic (exact) mass is 245 g/mol. The Labute approximate surface area is 99.6 Å². The van der Waals surface area contributed by atoms with Crippen LogP contribution in [0.4, 0.5) is 8.78 Å². The molecule has 0 saturated carbocycles. The van der Waals surface area contributed by atoms with Crippen molar-refractivity contribution >= 4 is 0 Å². The molecule has 0 unspecified atom stereocenters. The molecule has 0 spiro atoms. The maximum atomic E-state index is 13.0. The Morgan fingerprint density at radius 3 is 2.59 bits per heavy atom. The molecule has 5 heteroatoms. The first-order chi connectivity index (χ1) is 8.17. The van der Waals surface area contributed by atoms with Crippen molar-refractivity contribution in [1.82, 2.24) is 4.90 Å². The summed E-state index contributed by atoms with van der Waals surface area (Å²) in [6.45, 7) is 2.12. The van der Waals surface area contributed by atoms with Crippen molar-refractivity contribution in [2.75, 3.05) is 33.4 Å². The van der Waals surface area contributed by atoms with Crippen molar-refractivity contribution in [3.63, 3.8) is 0 Å². The zero-order valence-electron chi connectivity index (χ0n) is 9.83. The first-order valence-corrected chi connectivity index (χ1v) is 5.43. The van der Waals surface area contributed by atoms with E-state index in [1.807, 2.05) is 4.90 Å². The van der Waals surface area contributed by atoms with Crippen molar-refractivity contribution < 1.29 is 18.6 Å². The molecular weight excluding hydrogens is 228 g/mol. The molecule has 0 heterocycles. The summed E-state index contributed by atoms with van der Waals surface area (Å²) in [5, 5.41) is 8.90. The van der Waals surface area contributed by atoms with Gasteiger partial charge in [-0.05, 0) is 17.7 Å². The molecule has 0 aliphatic heterocycles. The fourth-order valence-electron chi connectivity index (χ4n) is 1.53. The second kappa shape index (κ2) is 7.32. The lowest BCUT2D eigenvalue weighted by Gasteiger charge is -2.20. The van der Waals surface area contributed by atoms with Gasteiger partial charge in [0.25, 0.3) is 0 Å². The lowest BCUT2D eigenvalue weighted by molar-refractivity contribution is 0.127. The van der Waals surface area contributed by atoms with Gasteiger partial charge in [0.15, 0.2) is 11.6 Å². The highest BCUT2D eigenvalue weighted by Crippen LogP contribution is 2.10. The van der Waals surface area contributed by atoms with Gasteiger partial charge in [0.05, 0.1) is 13.2 Å². The number of nitrogens with zero attached hydrogens (tertiary/aromatic N) is 1. The van der Waals surface area contributed by atoms with Gasteiger partial charge in [0, 0.05) is 26.7 Å². The van der Waals surface area contributed by atoms with Crippen molar-refractivity contribution in [2.45, 2.75) is 6.54 Å². The van der Waals surface area contributed by atoms with Crippen molar-refractivity contribution in [1.29, 1.82) is 0 Å². The van der Waals surface area contributed by atoms with Crippen LogP contribution in [0.3, 0.4) is 0 Å². The SMILES string of the molecule is COCCN(CCO)Cc1ccc(F)c(F)c1. The van der Waals surface area contributed by atoms with E-state index in [4.69, 9.17) is 9.84 Å². The Hall–Kier alpha value is -1.04. The molecule has 0 fully saturated rings. The van der Waals surface area contributed by atoms with Crippen LogP contribution >= 0.6 is 0 Å². The maximum absolute atomic E-state index is 13.0. The summed E-state index contributed by atoms with van der Waals surface area (Å²) in [5.41, 5.74) is 0.674. The molecule has 1 rings (SSSR count). The number of rotatable bonds is 7. The number of benzene rings is 1. The van der Waals surface area contributed by atoms with Crippen LogP contribution in [0, 0.1) is 11.6 Å². The number of aliphatic hydroxyl groups excluding tert-OH is 1. The highest BCUT2D eigenvalue weighted by molar-refractivity contribution is 5.17. The number of halogens is 2. The van der Waals surface area contributed by atoms with E-state index < -0.39 is 11.6 Å². The molecule has 0 aliphatic rings. The van der Waals surface area contributed by atoms with Gasteiger partial charge in [0.2, 0.25) is 0 Å². The molecular formula is C12H17F2NO2. The van der Waals surface area contributed by atoms with Gasteiger partial charge in [-0.15, -0.1) is 0 Å². The average Bonchev–Trinajstić information content (AvgIpc) is 2.31. The minimum Gasteiger partial charge on any atom is -0.395 e. The van der Waals surface area contributed by atoms with E-state index in [2.05, 4.69) is 0 Å². The molecule has 0 aromatic heterocycles. The predicted octanol–water partition coefficient (Wildman–Crippen LogP) is 1.41. The summed E-state index contributed by atoms with van der Waals surface area (Å²) >= 11 is 0. The van der Waals surface area contributed by atoms with Crippen LogP contribution in [0.15, 0.2) is 18.2 Å². The van der Waals surface area contributed by atoms with Gasteiger partial charge in [0.1, 0.15) is 0 Å². The molecule has 1 aromatic carbocycles. The molecule has 0 radical (unpaired) electrons. The smallest absolute Gasteiger partial charge is 0.159 e. The Kier molecular flexibility index (Phi) is 6.04. The van der Waals surface area contributed by atoms with E-state index >= 15 is 0 Å². The summed E-state index contributed by atoms with van der Waals surface area (Å²) in [4.78, 5) is 1.91. The third-order valence-electron chi connectivity index (χ3n) is 2.42. The van der Waals surface area contributed by atoms with Crippen molar-refractivity contribution in [3.8, 4) is 0 Å². The van der Waals surface area contributed by atoms with Gasteiger partial charge in [-0.25, -0.2) is 8.78 Å². The third-order valence-corrected chi connectivity index (χ3v) is 2.42. The van der Waals surface area contributed by atoms with Crippen LogP contribution in [-0.4, -0.2) is 43.4 Å². The molecule has 96 valence electrons. The minimum absolute atomic E-state index is 0.0212. The Morgan fingerprint density at radius 2 is 2.00 bits per heavy atom. The molecule has 1 N–H and O–H groups in total. The van der Waals surface area contributed by atoms with E-state index in [9.17, 15) is 8.78 Å². The van der Waals surface area contributed by atoms with E-state index in [-0.39, 0.29) is 6.61 Å². The molecule has 0 bridgehead atoms. The minimum atomic E-state index is -0.849. The number of ether oxygens (including phenoxy) is 1. The zero-order valence-corrected chi connectivity index (χ0v) is 9.83. The van der Waals surface area contributed by atoms with Gasteiger partial charge in [-0.2, -0.15) is 0 Å². The fourth-order valence-corrected chi connectivity index (χ4v) is 1.53. The maximum Gasteiger partial charge on any atom is 0.159 e. The molecule has 0 atom stereocenters. The van der Waals surface area contributed by atoms with Gasteiger partial charge in [-0.3, -0.25) is 4.90 Å². The second-order valence-electron chi connectivity index (χ2n) is 3.74. The van der Waals surface area contributed by atoms with Crippen molar-refractivity contribution in [2.24, 2.45) is 0 Å². The average molecular weight is 245 g/mol. The van der Waals surface area contributed by atoms with E-state index in [1.165, 1.54) is 12.1 Å². The van der Waals surface area contributed by atoms with E-state index in [0.29, 0.717) is 31.8 Å². The molecule has 0 aliphatic carbocycles. The van der Waals surface area contributed by atoms with E-state index in [1.54, 1.807) is 7.11 Å². The summed E-state index contributed by atoms with van der Waals surface area (Å²) in [6.07, 6.45) is 0. The van der Waals surface area contributed by atoms with Crippen LogP contribution in [0.25, 0.3) is 0 Å². The Bertz CT molecular complexity index is 347. The largest absolute Gasteiger partial charge is 0.395 e. The third kappa shape index (κ3) is 4.77. The predicted molar refractivity (Wildman–Crippen MR) is 60.6 cm³/mol. The first kappa shape index (κ1) is 14.0. The van der Waals surface area contributed by atoms with Crippen molar-refractivity contribution in [3.05, 3.63) is 35.4 Å². The normalized spacial score (nSPS) is 11.1. The molecule has 17 heavy (non-hydrogen) atoms. The number of aliphatic hydroxyl groups is 1. The first-order valence-electron chi connectivity index (χ1n) is 5.43. The van der Waals surface area contributed by atoms with Crippen LogP contribution in [0.1, 0.15) is 5.56 Å². The summed E-state index contributed by atoms with van der Waals surface area (Å²) in [5.74, 6) is -1.70.